The van der Waals surface area contributed by atoms with Crippen LogP contribution in [-0.4, -0.2) is 26.6 Å². The van der Waals surface area contributed by atoms with Crippen LogP contribution in [0.4, 0.5) is 11.5 Å². The number of aryl methyl sites for hydroxylation is 1. The third-order valence-electron chi connectivity index (χ3n) is 4.28. The molecule has 6 heteroatoms. The van der Waals surface area contributed by atoms with Crippen molar-refractivity contribution in [2.75, 3.05) is 12.4 Å². The number of anilines is 2. The van der Waals surface area contributed by atoms with Crippen LogP contribution in [0.5, 0.6) is 11.5 Å². The molecule has 2 heterocycles. The van der Waals surface area contributed by atoms with Crippen molar-refractivity contribution in [1.82, 2.24) is 14.4 Å². The van der Waals surface area contributed by atoms with Gasteiger partial charge in [-0.15, -0.1) is 0 Å². The molecule has 0 atom stereocenters. The summed E-state index contributed by atoms with van der Waals surface area (Å²) in [7, 11) is 1.53. The van der Waals surface area contributed by atoms with Crippen molar-refractivity contribution in [3.8, 4) is 22.8 Å². The number of nitrogens with one attached hydrogen (secondary N) is 1. The highest BCUT2D eigenvalue weighted by Crippen LogP contribution is 2.36. The van der Waals surface area contributed by atoms with Gasteiger partial charge in [0, 0.05) is 23.6 Å². The van der Waals surface area contributed by atoms with Gasteiger partial charge in [0.25, 0.3) is 0 Å². The van der Waals surface area contributed by atoms with Crippen LogP contribution in [0.15, 0.2) is 61.1 Å². The monoisotopic (exact) mass is 346 g/mol. The van der Waals surface area contributed by atoms with Gasteiger partial charge in [0.2, 0.25) is 0 Å². The molecule has 0 aliphatic rings. The molecule has 0 saturated heterocycles. The molecule has 0 spiro atoms. The Hall–Kier alpha value is -3.54. The summed E-state index contributed by atoms with van der Waals surface area (Å²) in [5.41, 5.74) is 4.44. The largest absolute Gasteiger partial charge is 0.504 e. The van der Waals surface area contributed by atoms with Gasteiger partial charge >= 0.3 is 0 Å². The number of ether oxygens (including phenoxy) is 1. The maximum atomic E-state index is 9.89. The Morgan fingerprint density at radius 2 is 2.00 bits per heavy atom. The fourth-order valence-corrected chi connectivity index (χ4v) is 2.89. The van der Waals surface area contributed by atoms with Crippen LogP contribution in [0, 0.1) is 6.92 Å². The van der Waals surface area contributed by atoms with Gasteiger partial charge in [-0.1, -0.05) is 18.2 Å². The number of benzene rings is 2. The van der Waals surface area contributed by atoms with Crippen molar-refractivity contribution in [3.05, 3.63) is 66.6 Å². The van der Waals surface area contributed by atoms with Gasteiger partial charge in [-0.3, -0.25) is 9.38 Å². The first-order chi connectivity index (χ1) is 12.7. The molecule has 0 aliphatic heterocycles. The fraction of sp³-hybridized carbons (Fsp3) is 0.100. The van der Waals surface area contributed by atoms with E-state index in [1.807, 2.05) is 34.9 Å². The lowest BCUT2D eigenvalue weighted by Crippen LogP contribution is -1.98. The van der Waals surface area contributed by atoms with Gasteiger partial charge in [-0.25, -0.2) is 4.98 Å². The molecule has 6 nitrogen and oxygen atoms in total. The Labute approximate surface area is 150 Å². The summed E-state index contributed by atoms with van der Waals surface area (Å²) in [6.07, 6.45) is 5.30. The van der Waals surface area contributed by atoms with Crippen LogP contribution >= 0.6 is 0 Å². The number of phenolic OH excluding ortho intramolecular Hbond substituents is 1. The van der Waals surface area contributed by atoms with Crippen molar-refractivity contribution >= 4 is 17.2 Å². The van der Waals surface area contributed by atoms with E-state index in [4.69, 9.17) is 9.72 Å². The van der Waals surface area contributed by atoms with Crippen LogP contribution in [0.25, 0.3) is 16.9 Å². The minimum Gasteiger partial charge on any atom is -0.504 e. The second kappa shape index (κ2) is 6.40. The lowest BCUT2D eigenvalue weighted by Gasteiger charge is -2.12. The first-order valence-corrected chi connectivity index (χ1v) is 8.19. The Bertz CT molecular complexity index is 1090. The van der Waals surface area contributed by atoms with Gasteiger partial charge in [0.05, 0.1) is 13.3 Å². The van der Waals surface area contributed by atoms with E-state index in [1.54, 1.807) is 24.5 Å². The van der Waals surface area contributed by atoms with Crippen LogP contribution in [0.2, 0.25) is 0 Å². The van der Waals surface area contributed by atoms with E-state index in [9.17, 15) is 5.11 Å². The Morgan fingerprint density at radius 3 is 2.81 bits per heavy atom. The number of imidazole rings is 1. The maximum absolute atomic E-state index is 9.89. The van der Waals surface area contributed by atoms with E-state index in [1.165, 1.54) is 7.11 Å². The number of methoxy groups -OCH3 is 1. The summed E-state index contributed by atoms with van der Waals surface area (Å²) in [5, 5.41) is 13.4. The summed E-state index contributed by atoms with van der Waals surface area (Å²) < 4.78 is 7.19. The highest BCUT2D eigenvalue weighted by Gasteiger charge is 2.16. The van der Waals surface area contributed by atoms with Crippen LogP contribution in [0.1, 0.15) is 5.56 Å². The first-order valence-electron chi connectivity index (χ1n) is 8.19. The predicted molar refractivity (Wildman–Crippen MR) is 101 cm³/mol. The van der Waals surface area contributed by atoms with Crippen LogP contribution in [-0.2, 0) is 0 Å². The number of hydrogen-bond donors (Lipinski definition) is 2. The van der Waals surface area contributed by atoms with Crippen LogP contribution < -0.4 is 10.1 Å². The minimum absolute atomic E-state index is 0.0927. The molecule has 4 aromatic rings. The zero-order valence-electron chi connectivity index (χ0n) is 14.5. The summed E-state index contributed by atoms with van der Waals surface area (Å²) in [4.78, 5) is 8.87. The molecule has 2 N–H and O–H groups in total. The van der Waals surface area contributed by atoms with Gasteiger partial charge in [-0.05, 0) is 36.8 Å². The maximum Gasteiger partial charge on any atom is 0.161 e. The molecule has 2 aromatic carbocycles. The fourth-order valence-electron chi connectivity index (χ4n) is 2.89. The predicted octanol–water partition coefficient (Wildman–Crippen LogP) is 4.16. The smallest absolute Gasteiger partial charge is 0.161 e. The summed E-state index contributed by atoms with van der Waals surface area (Å²) >= 11 is 0. The van der Waals surface area contributed by atoms with Crippen molar-refractivity contribution in [1.29, 1.82) is 0 Å². The minimum atomic E-state index is 0.0927. The number of phenols is 1. The van der Waals surface area contributed by atoms with Crippen molar-refractivity contribution < 1.29 is 9.84 Å². The number of fused-ring (bicyclic) bond motifs is 1. The first kappa shape index (κ1) is 16.0. The molecule has 0 bridgehead atoms. The third-order valence-corrected chi connectivity index (χ3v) is 4.28. The lowest BCUT2D eigenvalue weighted by molar-refractivity contribution is 0.373. The standard InChI is InChI=1S/C20H18N4O2/c1-13-5-3-4-6-15(13)22-20-19(23-18-12-21-9-10-24(18)20)14-7-8-16(25)17(11-14)26-2/h3-12,22,25H,1-2H3. The highest BCUT2D eigenvalue weighted by molar-refractivity contribution is 5.81. The molecule has 2 aromatic heterocycles. The molecule has 26 heavy (non-hydrogen) atoms. The van der Waals surface area contributed by atoms with Gasteiger partial charge < -0.3 is 15.2 Å². The average molecular weight is 346 g/mol. The van der Waals surface area contributed by atoms with Gasteiger partial charge in [-0.2, -0.15) is 0 Å². The number of para-hydroxylation sites is 1. The number of hydrogen-bond acceptors (Lipinski definition) is 5. The molecule has 130 valence electrons. The second-order valence-electron chi connectivity index (χ2n) is 5.94. The average Bonchev–Trinajstić information content (AvgIpc) is 3.03. The third kappa shape index (κ3) is 2.71. The molecular formula is C20H18N4O2. The normalized spacial score (nSPS) is 10.8. The SMILES string of the molecule is COc1cc(-c2nc3cnccn3c2Nc2ccccc2C)ccc1O. The summed E-state index contributed by atoms with van der Waals surface area (Å²) in [5.74, 6) is 1.32. The molecule has 0 amide bonds. The van der Waals surface area contributed by atoms with E-state index in [-0.39, 0.29) is 5.75 Å². The van der Waals surface area contributed by atoms with Gasteiger partial charge in [0.1, 0.15) is 11.5 Å². The topological polar surface area (TPSA) is 71.7 Å². The summed E-state index contributed by atoms with van der Waals surface area (Å²) in [6.45, 7) is 2.05. The van der Waals surface area contributed by atoms with E-state index >= 15 is 0 Å². The van der Waals surface area contributed by atoms with E-state index in [0.29, 0.717) is 5.75 Å². The zero-order chi connectivity index (χ0) is 18.1. The quantitative estimate of drug-likeness (QED) is 0.580. The van der Waals surface area contributed by atoms with E-state index in [2.05, 4.69) is 23.3 Å². The molecule has 0 aliphatic carbocycles. The molecule has 0 unspecified atom stereocenters. The number of aromatic nitrogens is 3. The lowest BCUT2D eigenvalue weighted by atomic mass is 10.1. The molecule has 0 fully saturated rings. The van der Waals surface area contributed by atoms with Gasteiger partial charge in [0.15, 0.2) is 17.1 Å². The molecule has 4 rings (SSSR count). The van der Waals surface area contributed by atoms with Crippen LogP contribution in [0.3, 0.4) is 0 Å². The second-order valence-corrected chi connectivity index (χ2v) is 5.94. The number of nitrogens with zero attached hydrogens (tertiary/aromatic N) is 3. The van der Waals surface area contributed by atoms with Crippen molar-refractivity contribution in [3.63, 3.8) is 0 Å². The van der Waals surface area contributed by atoms with E-state index < -0.39 is 0 Å². The van der Waals surface area contributed by atoms with E-state index in [0.717, 1.165) is 34.0 Å². The number of aromatic hydroxyl groups is 1. The van der Waals surface area contributed by atoms with Crippen molar-refractivity contribution in [2.24, 2.45) is 0 Å². The zero-order valence-corrected chi connectivity index (χ0v) is 14.5. The van der Waals surface area contributed by atoms with Crippen molar-refractivity contribution in [2.45, 2.75) is 6.92 Å². The summed E-state index contributed by atoms with van der Waals surface area (Å²) in [6, 6.07) is 13.3. The molecule has 0 radical (unpaired) electrons. The Balaban J connectivity index is 1.91. The molecular weight excluding hydrogens is 328 g/mol. The highest BCUT2D eigenvalue weighted by atomic mass is 16.5. The number of rotatable bonds is 4. The Morgan fingerprint density at radius 1 is 1.15 bits per heavy atom. The Kier molecular flexibility index (Phi) is 3.93. The molecule has 0 saturated carbocycles.